The van der Waals surface area contributed by atoms with Crippen molar-refractivity contribution in [2.75, 3.05) is 13.2 Å². The van der Waals surface area contributed by atoms with Gasteiger partial charge in [0.25, 0.3) is 0 Å². The average Bonchev–Trinajstić information content (AvgIpc) is 3.16. The molecule has 2 rings (SSSR count). The maximum atomic E-state index is 9.47. The highest BCUT2D eigenvalue weighted by Gasteiger charge is 2.40. The Labute approximate surface area is 111 Å². The van der Waals surface area contributed by atoms with Crippen LogP contribution in [-0.2, 0) is 0 Å². The second kappa shape index (κ2) is 5.40. The van der Waals surface area contributed by atoms with Crippen molar-refractivity contribution in [2.45, 2.75) is 26.2 Å². The zero-order chi connectivity index (χ0) is 12.3. The van der Waals surface area contributed by atoms with Crippen molar-refractivity contribution < 1.29 is 9.84 Å². The molecule has 1 unspecified atom stereocenters. The first-order valence-corrected chi connectivity index (χ1v) is 6.92. The molecule has 0 aromatic heterocycles. The maximum Gasteiger partial charge on any atom is 0.119 e. The number of aliphatic hydroxyl groups is 1. The molecular formula is C14H19BrO2. The van der Waals surface area contributed by atoms with Crippen LogP contribution < -0.4 is 4.74 Å². The molecule has 1 aliphatic carbocycles. The molecule has 1 aromatic rings. The Morgan fingerprint density at radius 2 is 2.00 bits per heavy atom. The van der Waals surface area contributed by atoms with Gasteiger partial charge in [0.2, 0.25) is 0 Å². The number of rotatable bonds is 6. The molecule has 1 fully saturated rings. The Kier molecular flexibility index (Phi) is 4.10. The maximum absolute atomic E-state index is 9.47. The first-order chi connectivity index (χ1) is 8.14. The third-order valence-corrected chi connectivity index (χ3v) is 4.21. The van der Waals surface area contributed by atoms with Gasteiger partial charge in [-0.1, -0.05) is 22.9 Å². The van der Waals surface area contributed by atoms with Gasteiger partial charge in [-0.25, -0.2) is 0 Å². The number of hydrogen-bond acceptors (Lipinski definition) is 2. The third-order valence-electron chi connectivity index (χ3n) is 3.68. The standard InChI is InChI=1S/C14H19BrO2/c1-14(10-16,11-2-3-11)8-9-17-13-6-4-12(15)5-7-13/h4-7,11,16H,2-3,8-10H2,1H3. The highest BCUT2D eigenvalue weighted by molar-refractivity contribution is 9.10. The van der Waals surface area contributed by atoms with E-state index in [1.54, 1.807) is 0 Å². The molecule has 17 heavy (non-hydrogen) atoms. The minimum absolute atomic E-state index is 0.0510. The van der Waals surface area contributed by atoms with Crippen LogP contribution in [0, 0.1) is 11.3 Å². The van der Waals surface area contributed by atoms with E-state index in [0.717, 1.165) is 16.6 Å². The summed E-state index contributed by atoms with van der Waals surface area (Å²) in [6.45, 7) is 3.10. The van der Waals surface area contributed by atoms with Gasteiger partial charge >= 0.3 is 0 Å². The normalized spacial score (nSPS) is 18.8. The Morgan fingerprint density at radius 3 is 2.53 bits per heavy atom. The monoisotopic (exact) mass is 298 g/mol. The molecule has 1 aromatic carbocycles. The van der Waals surface area contributed by atoms with Gasteiger partial charge in [0.15, 0.2) is 0 Å². The van der Waals surface area contributed by atoms with Crippen molar-refractivity contribution in [2.24, 2.45) is 11.3 Å². The van der Waals surface area contributed by atoms with Crippen LogP contribution in [-0.4, -0.2) is 18.3 Å². The number of benzene rings is 1. The minimum atomic E-state index is 0.0510. The number of aliphatic hydroxyl groups excluding tert-OH is 1. The molecule has 1 N–H and O–H groups in total. The van der Waals surface area contributed by atoms with Crippen molar-refractivity contribution in [1.29, 1.82) is 0 Å². The molecule has 1 saturated carbocycles. The molecule has 0 heterocycles. The Morgan fingerprint density at radius 1 is 1.35 bits per heavy atom. The second-order valence-electron chi connectivity index (χ2n) is 5.14. The average molecular weight is 299 g/mol. The van der Waals surface area contributed by atoms with E-state index in [0.29, 0.717) is 12.5 Å². The van der Waals surface area contributed by atoms with Gasteiger partial charge in [-0.3, -0.25) is 0 Å². The van der Waals surface area contributed by atoms with E-state index in [1.165, 1.54) is 12.8 Å². The summed E-state index contributed by atoms with van der Waals surface area (Å²) >= 11 is 3.40. The Bertz CT molecular complexity index is 359. The summed E-state index contributed by atoms with van der Waals surface area (Å²) in [6.07, 6.45) is 3.44. The van der Waals surface area contributed by atoms with Crippen molar-refractivity contribution in [3.8, 4) is 5.75 Å². The predicted octanol–water partition coefficient (Wildman–Crippen LogP) is 3.63. The number of ether oxygens (including phenoxy) is 1. The highest BCUT2D eigenvalue weighted by atomic mass is 79.9. The van der Waals surface area contributed by atoms with E-state index in [1.807, 2.05) is 24.3 Å². The van der Waals surface area contributed by atoms with Crippen LogP contribution in [0.4, 0.5) is 0 Å². The van der Waals surface area contributed by atoms with E-state index >= 15 is 0 Å². The van der Waals surface area contributed by atoms with E-state index in [2.05, 4.69) is 22.9 Å². The van der Waals surface area contributed by atoms with Crippen LogP contribution in [0.15, 0.2) is 28.7 Å². The second-order valence-corrected chi connectivity index (χ2v) is 6.05. The van der Waals surface area contributed by atoms with Gasteiger partial charge in [0.1, 0.15) is 5.75 Å². The summed E-state index contributed by atoms with van der Waals surface area (Å²) < 4.78 is 6.76. The topological polar surface area (TPSA) is 29.5 Å². The van der Waals surface area contributed by atoms with E-state index in [-0.39, 0.29) is 12.0 Å². The summed E-state index contributed by atoms with van der Waals surface area (Å²) in [4.78, 5) is 0. The van der Waals surface area contributed by atoms with Gasteiger partial charge in [0, 0.05) is 11.1 Å². The van der Waals surface area contributed by atoms with Crippen LogP contribution in [0.3, 0.4) is 0 Å². The van der Waals surface area contributed by atoms with Gasteiger partial charge in [0.05, 0.1) is 6.61 Å². The SMILES string of the molecule is CC(CO)(CCOc1ccc(Br)cc1)C1CC1. The lowest BCUT2D eigenvalue weighted by atomic mass is 9.83. The minimum Gasteiger partial charge on any atom is -0.494 e. The molecule has 0 bridgehead atoms. The highest BCUT2D eigenvalue weighted by Crippen LogP contribution is 2.47. The smallest absolute Gasteiger partial charge is 0.119 e. The fourth-order valence-corrected chi connectivity index (χ4v) is 2.39. The zero-order valence-electron chi connectivity index (χ0n) is 10.2. The molecule has 1 aliphatic rings. The third kappa shape index (κ3) is 3.46. The molecular weight excluding hydrogens is 280 g/mol. The molecule has 0 radical (unpaired) electrons. The summed E-state index contributed by atoms with van der Waals surface area (Å²) in [7, 11) is 0. The predicted molar refractivity (Wildman–Crippen MR) is 72.2 cm³/mol. The van der Waals surface area contributed by atoms with Crippen LogP contribution >= 0.6 is 15.9 Å². The molecule has 0 spiro atoms. The first-order valence-electron chi connectivity index (χ1n) is 6.13. The van der Waals surface area contributed by atoms with Crippen molar-refractivity contribution in [1.82, 2.24) is 0 Å². The molecule has 0 saturated heterocycles. The number of hydrogen-bond donors (Lipinski definition) is 1. The fourth-order valence-electron chi connectivity index (χ4n) is 2.13. The fraction of sp³-hybridized carbons (Fsp3) is 0.571. The molecule has 94 valence electrons. The summed E-state index contributed by atoms with van der Waals surface area (Å²) in [5, 5.41) is 9.47. The van der Waals surface area contributed by atoms with Gasteiger partial charge in [-0.15, -0.1) is 0 Å². The zero-order valence-corrected chi connectivity index (χ0v) is 11.7. The van der Waals surface area contributed by atoms with Gasteiger partial charge < -0.3 is 9.84 Å². The van der Waals surface area contributed by atoms with Crippen LogP contribution in [0.25, 0.3) is 0 Å². The summed E-state index contributed by atoms with van der Waals surface area (Å²) in [5.41, 5.74) is 0.0510. The Hall–Kier alpha value is -0.540. The summed E-state index contributed by atoms with van der Waals surface area (Å²) in [6, 6.07) is 7.86. The van der Waals surface area contributed by atoms with E-state index in [9.17, 15) is 5.11 Å². The van der Waals surface area contributed by atoms with Crippen molar-refractivity contribution >= 4 is 15.9 Å². The first kappa shape index (κ1) is 12.9. The largest absolute Gasteiger partial charge is 0.494 e. The van der Waals surface area contributed by atoms with Gasteiger partial charge in [-0.05, 0) is 54.9 Å². The Balaban J connectivity index is 1.80. The van der Waals surface area contributed by atoms with Gasteiger partial charge in [-0.2, -0.15) is 0 Å². The van der Waals surface area contributed by atoms with Crippen LogP contribution in [0.1, 0.15) is 26.2 Å². The van der Waals surface area contributed by atoms with E-state index < -0.39 is 0 Å². The lowest BCUT2D eigenvalue weighted by Gasteiger charge is -2.27. The van der Waals surface area contributed by atoms with Crippen LogP contribution in [0.2, 0.25) is 0 Å². The van der Waals surface area contributed by atoms with E-state index in [4.69, 9.17) is 4.74 Å². The lowest BCUT2D eigenvalue weighted by Crippen LogP contribution is -2.26. The molecule has 0 amide bonds. The quantitative estimate of drug-likeness (QED) is 0.869. The van der Waals surface area contributed by atoms with Crippen LogP contribution in [0.5, 0.6) is 5.75 Å². The molecule has 3 heteroatoms. The molecule has 0 aliphatic heterocycles. The van der Waals surface area contributed by atoms with Crippen molar-refractivity contribution in [3.63, 3.8) is 0 Å². The molecule has 2 nitrogen and oxygen atoms in total. The number of halogens is 1. The molecule has 1 atom stereocenters. The summed E-state index contributed by atoms with van der Waals surface area (Å²) in [5.74, 6) is 1.59. The van der Waals surface area contributed by atoms with Crippen molar-refractivity contribution in [3.05, 3.63) is 28.7 Å². The lowest BCUT2D eigenvalue weighted by molar-refractivity contribution is 0.0913.